The second kappa shape index (κ2) is 12.3. The summed E-state index contributed by atoms with van der Waals surface area (Å²) in [6.45, 7) is 1.96. The van der Waals surface area contributed by atoms with E-state index in [-0.39, 0.29) is 13.0 Å². The first-order valence-corrected chi connectivity index (χ1v) is 11.7. The first-order valence-electron chi connectivity index (χ1n) is 10.8. The fourth-order valence-corrected chi connectivity index (χ4v) is 4.00. The second-order valence-corrected chi connectivity index (χ2v) is 8.85. The Morgan fingerprint density at radius 2 is 1.63 bits per heavy atom. The first kappa shape index (κ1) is 25.4. The quantitative estimate of drug-likeness (QED) is 0.294. The van der Waals surface area contributed by atoms with Gasteiger partial charge < -0.3 is 21.1 Å². The molecule has 0 bridgehead atoms. The van der Waals surface area contributed by atoms with Gasteiger partial charge in [-0.25, -0.2) is 4.79 Å². The Kier molecular flexibility index (Phi) is 8.96. The van der Waals surface area contributed by atoms with Crippen molar-refractivity contribution in [3.8, 4) is 0 Å². The number of carbonyl (C=O) groups is 4. The van der Waals surface area contributed by atoms with E-state index in [1.165, 1.54) is 0 Å². The summed E-state index contributed by atoms with van der Waals surface area (Å²) in [5.41, 5.74) is 2.64. The van der Waals surface area contributed by atoms with Crippen LogP contribution in [0.3, 0.4) is 0 Å². The van der Waals surface area contributed by atoms with Gasteiger partial charge >= 0.3 is 12.0 Å². The zero-order valence-corrected chi connectivity index (χ0v) is 19.9. The Morgan fingerprint density at radius 1 is 0.914 bits per heavy atom. The number of nitrogens with one attached hydrogen (secondary N) is 4. The Bertz CT molecular complexity index is 1180. The number of amides is 4. The minimum Gasteiger partial charge on any atom is -0.481 e. The third-order valence-electron chi connectivity index (χ3n) is 4.97. The molecule has 0 saturated carbocycles. The van der Waals surface area contributed by atoms with Crippen LogP contribution in [0, 0.1) is 6.92 Å². The Balaban J connectivity index is 1.47. The van der Waals surface area contributed by atoms with Crippen LogP contribution < -0.4 is 21.3 Å². The highest BCUT2D eigenvalue weighted by Crippen LogP contribution is 2.22. The van der Waals surface area contributed by atoms with Gasteiger partial charge in [0.15, 0.2) is 0 Å². The zero-order valence-electron chi connectivity index (χ0n) is 19.0. The molecule has 1 atom stereocenters. The molecule has 2 aromatic carbocycles. The van der Waals surface area contributed by atoms with Crippen LogP contribution in [-0.4, -0.2) is 35.5 Å². The molecule has 9 nitrogen and oxygen atoms in total. The number of hydrogen-bond acceptors (Lipinski definition) is 5. The van der Waals surface area contributed by atoms with Crippen molar-refractivity contribution >= 4 is 40.2 Å². The third kappa shape index (κ3) is 8.27. The molecule has 0 aliphatic carbocycles. The number of aliphatic carboxylic acids is 1. The van der Waals surface area contributed by atoms with E-state index < -0.39 is 29.9 Å². The van der Waals surface area contributed by atoms with Gasteiger partial charge in [-0.1, -0.05) is 60.2 Å². The minimum absolute atomic E-state index is 0.283. The molecule has 1 heterocycles. The molecule has 5 N–H and O–H groups in total. The van der Waals surface area contributed by atoms with Gasteiger partial charge in [-0.15, -0.1) is 11.3 Å². The molecule has 0 spiro atoms. The lowest BCUT2D eigenvalue weighted by molar-refractivity contribution is -0.137. The maximum Gasteiger partial charge on any atom is 0.320 e. The Labute approximate surface area is 206 Å². The van der Waals surface area contributed by atoms with Crippen LogP contribution in [0.5, 0.6) is 0 Å². The molecule has 0 aliphatic rings. The molecule has 3 aromatic rings. The highest BCUT2D eigenvalue weighted by molar-refractivity contribution is 7.18. The average Bonchev–Trinajstić information content (AvgIpc) is 3.30. The predicted octanol–water partition coefficient (Wildman–Crippen LogP) is 3.44. The fourth-order valence-electron chi connectivity index (χ4n) is 3.18. The summed E-state index contributed by atoms with van der Waals surface area (Å²) < 4.78 is 0. The van der Waals surface area contributed by atoms with Crippen LogP contribution in [0.15, 0.2) is 66.7 Å². The summed E-state index contributed by atoms with van der Waals surface area (Å²) >= 11 is 1.07. The minimum atomic E-state index is -1.05. The van der Waals surface area contributed by atoms with Crippen LogP contribution >= 0.6 is 11.3 Å². The molecule has 4 amide bonds. The SMILES string of the molecule is Cc1ccc(C(CC(=O)O)NC(=O)CNC(=O)c2ccc(NC(=O)NCc3ccccc3)s2)cc1. The molecule has 1 aromatic heterocycles. The molecule has 0 aliphatic heterocycles. The molecular formula is C25H26N4O5S. The topological polar surface area (TPSA) is 137 Å². The summed E-state index contributed by atoms with van der Waals surface area (Å²) in [5.74, 6) is -2.04. The summed E-state index contributed by atoms with van der Waals surface area (Å²) in [5, 5.41) is 20.2. The van der Waals surface area contributed by atoms with E-state index in [1.807, 2.05) is 49.4 Å². The monoisotopic (exact) mass is 494 g/mol. The second-order valence-electron chi connectivity index (χ2n) is 7.77. The number of hydrogen-bond donors (Lipinski definition) is 5. The maximum absolute atomic E-state index is 12.4. The maximum atomic E-state index is 12.4. The molecule has 10 heteroatoms. The number of anilines is 1. The lowest BCUT2D eigenvalue weighted by Gasteiger charge is -2.18. The molecule has 3 rings (SSSR count). The molecule has 182 valence electrons. The lowest BCUT2D eigenvalue weighted by atomic mass is 10.0. The zero-order chi connectivity index (χ0) is 25.2. The number of thiophene rings is 1. The van der Waals surface area contributed by atoms with E-state index in [0.29, 0.717) is 22.0 Å². The van der Waals surface area contributed by atoms with Gasteiger partial charge in [-0.3, -0.25) is 19.7 Å². The van der Waals surface area contributed by atoms with Crippen LogP contribution in [0.1, 0.15) is 38.8 Å². The van der Waals surface area contributed by atoms with Crippen LogP contribution in [0.25, 0.3) is 0 Å². The van der Waals surface area contributed by atoms with Gasteiger partial charge in [0.2, 0.25) is 5.91 Å². The number of urea groups is 1. The van der Waals surface area contributed by atoms with Gasteiger partial charge in [0.05, 0.1) is 28.9 Å². The van der Waals surface area contributed by atoms with E-state index in [9.17, 15) is 24.3 Å². The Hall–Kier alpha value is -4.18. The Morgan fingerprint density at radius 3 is 2.31 bits per heavy atom. The van der Waals surface area contributed by atoms with Gasteiger partial charge in [0.1, 0.15) is 0 Å². The summed E-state index contributed by atoms with van der Waals surface area (Å²) in [6, 6.07) is 18.7. The van der Waals surface area contributed by atoms with E-state index in [2.05, 4.69) is 21.3 Å². The van der Waals surface area contributed by atoms with Crippen LogP contribution in [0.4, 0.5) is 9.80 Å². The van der Waals surface area contributed by atoms with Crippen molar-refractivity contribution in [1.82, 2.24) is 16.0 Å². The van der Waals surface area contributed by atoms with Gasteiger partial charge in [0.25, 0.3) is 5.91 Å². The number of carbonyl (C=O) groups excluding carboxylic acids is 3. The van der Waals surface area contributed by atoms with Crippen molar-refractivity contribution in [2.24, 2.45) is 0 Å². The van der Waals surface area contributed by atoms with Gasteiger partial charge in [-0.2, -0.15) is 0 Å². The fraction of sp³-hybridized carbons (Fsp3) is 0.200. The number of carboxylic acids is 1. The van der Waals surface area contributed by atoms with E-state index in [1.54, 1.807) is 24.3 Å². The van der Waals surface area contributed by atoms with Crippen LogP contribution in [-0.2, 0) is 16.1 Å². The van der Waals surface area contributed by atoms with Crippen molar-refractivity contribution in [3.63, 3.8) is 0 Å². The van der Waals surface area contributed by atoms with Crippen LogP contribution in [0.2, 0.25) is 0 Å². The van der Waals surface area contributed by atoms with Crippen molar-refractivity contribution in [2.75, 3.05) is 11.9 Å². The summed E-state index contributed by atoms with van der Waals surface area (Å²) in [4.78, 5) is 48.4. The molecule has 0 radical (unpaired) electrons. The molecule has 1 unspecified atom stereocenters. The third-order valence-corrected chi connectivity index (χ3v) is 5.97. The lowest BCUT2D eigenvalue weighted by Crippen LogP contribution is -2.39. The van der Waals surface area contributed by atoms with Crippen molar-refractivity contribution < 1.29 is 24.3 Å². The highest BCUT2D eigenvalue weighted by atomic mass is 32.1. The summed E-state index contributed by atoms with van der Waals surface area (Å²) in [6.07, 6.45) is -0.283. The number of aryl methyl sites for hydroxylation is 1. The molecule has 0 fully saturated rings. The number of carboxylic acid groups (broad SMARTS) is 1. The van der Waals surface area contributed by atoms with Crippen molar-refractivity contribution in [3.05, 3.63) is 88.3 Å². The van der Waals surface area contributed by atoms with Gasteiger partial charge in [0, 0.05) is 6.54 Å². The summed E-state index contributed by atoms with van der Waals surface area (Å²) in [7, 11) is 0. The van der Waals surface area contributed by atoms with Gasteiger partial charge in [-0.05, 0) is 30.2 Å². The smallest absolute Gasteiger partial charge is 0.320 e. The molecule has 0 saturated heterocycles. The largest absolute Gasteiger partial charge is 0.481 e. The molecule has 35 heavy (non-hydrogen) atoms. The first-order chi connectivity index (χ1) is 16.8. The average molecular weight is 495 g/mol. The molecular weight excluding hydrogens is 468 g/mol. The van der Waals surface area contributed by atoms with Crippen molar-refractivity contribution in [1.29, 1.82) is 0 Å². The van der Waals surface area contributed by atoms with Crippen molar-refractivity contribution in [2.45, 2.75) is 25.9 Å². The number of rotatable bonds is 10. The highest BCUT2D eigenvalue weighted by Gasteiger charge is 2.19. The predicted molar refractivity (Wildman–Crippen MR) is 133 cm³/mol. The normalized spacial score (nSPS) is 11.2. The van der Waals surface area contributed by atoms with E-state index in [0.717, 1.165) is 22.5 Å². The van der Waals surface area contributed by atoms with E-state index in [4.69, 9.17) is 0 Å². The number of benzene rings is 2. The van der Waals surface area contributed by atoms with E-state index >= 15 is 0 Å². The standard InChI is InChI=1S/C25H26N4O5S/c1-16-7-9-18(10-8-16)19(13-23(31)32)28-21(30)15-26-24(33)20-11-12-22(35-20)29-25(34)27-14-17-5-3-2-4-6-17/h2-12,19H,13-15H2,1H3,(H,26,33)(H,28,30)(H,31,32)(H2,27,29,34).